The van der Waals surface area contributed by atoms with Gasteiger partial charge in [0.05, 0.1) is 25.9 Å². The first-order valence-corrected chi connectivity index (χ1v) is 7.06. The van der Waals surface area contributed by atoms with E-state index >= 15 is 0 Å². The molecule has 0 unspecified atom stereocenters. The summed E-state index contributed by atoms with van der Waals surface area (Å²) in [6.07, 6.45) is 0. The van der Waals surface area contributed by atoms with Crippen LogP contribution in [0.3, 0.4) is 0 Å². The molecule has 2 rings (SSSR count). The Labute approximate surface area is 135 Å². The molecule has 0 aliphatic rings. The van der Waals surface area contributed by atoms with Crippen LogP contribution in [0.4, 0.5) is 0 Å². The normalized spacial score (nSPS) is 9.83. The lowest BCUT2D eigenvalue weighted by molar-refractivity contribution is 0.0784. The maximum absolute atomic E-state index is 12.5. The number of carbonyl (C=O) groups is 1. The standard InChI is InChI=1S/C18H18N2O3/c1-20(18(21)14-9-7-13(11-19)8-10-14)12-15-5-4-6-16(22-2)17(15)23-3/h4-10H,12H2,1-3H3. The highest BCUT2D eigenvalue weighted by molar-refractivity contribution is 5.94. The van der Waals surface area contributed by atoms with Crippen molar-refractivity contribution < 1.29 is 14.3 Å². The van der Waals surface area contributed by atoms with Gasteiger partial charge in [-0.1, -0.05) is 12.1 Å². The van der Waals surface area contributed by atoms with Crippen molar-refractivity contribution in [2.24, 2.45) is 0 Å². The molecule has 1 amide bonds. The Kier molecular flexibility index (Phi) is 5.21. The zero-order valence-electron chi connectivity index (χ0n) is 13.4. The molecule has 5 nitrogen and oxygen atoms in total. The summed E-state index contributed by atoms with van der Waals surface area (Å²) in [5.41, 5.74) is 1.92. The molecular formula is C18H18N2O3. The molecule has 0 N–H and O–H groups in total. The summed E-state index contributed by atoms with van der Waals surface area (Å²) in [5, 5.41) is 8.81. The smallest absolute Gasteiger partial charge is 0.253 e. The van der Waals surface area contributed by atoms with Gasteiger partial charge in [-0.15, -0.1) is 0 Å². The van der Waals surface area contributed by atoms with Crippen LogP contribution in [0.1, 0.15) is 21.5 Å². The Hall–Kier alpha value is -3.00. The maximum atomic E-state index is 12.5. The van der Waals surface area contributed by atoms with Gasteiger partial charge in [-0.2, -0.15) is 5.26 Å². The van der Waals surface area contributed by atoms with Crippen LogP contribution in [0.25, 0.3) is 0 Å². The number of hydrogen-bond donors (Lipinski definition) is 0. The molecule has 0 saturated carbocycles. The summed E-state index contributed by atoms with van der Waals surface area (Å²) in [6, 6.07) is 14.2. The average Bonchev–Trinajstić information content (AvgIpc) is 2.60. The van der Waals surface area contributed by atoms with Gasteiger partial charge in [-0.05, 0) is 30.3 Å². The van der Waals surface area contributed by atoms with Crippen molar-refractivity contribution in [2.45, 2.75) is 6.54 Å². The molecule has 0 radical (unpaired) electrons. The van der Waals surface area contributed by atoms with E-state index in [1.54, 1.807) is 50.4 Å². The average molecular weight is 310 g/mol. The van der Waals surface area contributed by atoms with Crippen molar-refractivity contribution in [1.29, 1.82) is 5.26 Å². The molecule has 23 heavy (non-hydrogen) atoms. The second-order valence-corrected chi connectivity index (χ2v) is 5.00. The first kappa shape index (κ1) is 16.4. The minimum absolute atomic E-state index is 0.126. The van der Waals surface area contributed by atoms with E-state index in [-0.39, 0.29) is 5.91 Å². The Bertz CT molecular complexity index is 733. The third-order valence-electron chi connectivity index (χ3n) is 3.50. The summed E-state index contributed by atoms with van der Waals surface area (Å²) in [5.74, 6) is 1.12. The van der Waals surface area contributed by atoms with Crippen LogP contribution in [0, 0.1) is 11.3 Å². The molecule has 0 bridgehead atoms. The van der Waals surface area contributed by atoms with Gasteiger partial charge >= 0.3 is 0 Å². The van der Waals surface area contributed by atoms with E-state index in [9.17, 15) is 4.79 Å². The van der Waals surface area contributed by atoms with Gasteiger partial charge in [-0.3, -0.25) is 4.79 Å². The van der Waals surface area contributed by atoms with Gasteiger partial charge in [0.15, 0.2) is 11.5 Å². The summed E-state index contributed by atoms with van der Waals surface area (Å²) in [6.45, 7) is 0.388. The topological polar surface area (TPSA) is 62.6 Å². The number of nitrogens with zero attached hydrogens (tertiary/aromatic N) is 2. The molecule has 0 fully saturated rings. The minimum Gasteiger partial charge on any atom is -0.493 e. The fourth-order valence-electron chi connectivity index (χ4n) is 2.31. The molecule has 5 heteroatoms. The second-order valence-electron chi connectivity index (χ2n) is 5.00. The molecule has 0 heterocycles. The van der Waals surface area contributed by atoms with E-state index in [4.69, 9.17) is 14.7 Å². The first-order valence-electron chi connectivity index (χ1n) is 7.06. The third-order valence-corrected chi connectivity index (χ3v) is 3.50. The molecule has 118 valence electrons. The van der Waals surface area contributed by atoms with Crippen molar-refractivity contribution in [3.05, 3.63) is 59.2 Å². The summed E-state index contributed by atoms with van der Waals surface area (Å²) < 4.78 is 10.7. The molecule has 0 atom stereocenters. The zero-order valence-corrected chi connectivity index (χ0v) is 13.4. The van der Waals surface area contributed by atoms with Gasteiger partial charge in [0.2, 0.25) is 0 Å². The number of para-hydroxylation sites is 1. The Morgan fingerprint density at radius 3 is 2.39 bits per heavy atom. The van der Waals surface area contributed by atoms with Crippen molar-refractivity contribution >= 4 is 5.91 Å². The lowest BCUT2D eigenvalue weighted by atomic mass is 10.1. The van der Waals surface area contributed by atoms with Crippen LogP contribution in [-0.4, -0.2) is 32.1 Å². The summed E-state index contributed by atoms with van der Waals surface area (Å²) >= 11 is 0. The summed E-state index contributed by atoms with van der Waals surface area (Å²) in [4.78, 5) is 14.1. The molecule has 2 aromatic rings. The predicted molar refractivity (Wildman–Crippen MR) is 86.5 cm³/mol. The summed E-state index contributed by atoms with van der Waals surface area (Å²) in [7, 11) is 4.87. The number of rotatable bonds is 5. The van der Waals surface area contributed by atoms with Gasteiger partial charge < -0.3 is 14.4 Å². The van der Waals surface area contributed by atoms with Crippen molar-refractivity contribution in [3.8, 4) is 17.6 Å². The lowest BCUT2D eigenvalue weighted by Gasteiger charge is -2.20. The monoisotopic (exact) mass is 310 g/mol. The Morgan fingerprint density at radius 1 is 1.13 bits per heavy atom. The van der Waals surface area contributed by atoms with Gasteiger partial charge in [0.1, 0.15) is 0 Å². The predicted octanol–water partition coefficient (Wildman–Crippen LogP) is 2.85. The van der Waals surface area contributed by atoms with Gasteiger partial charge in [-0.25, -0.2) is 0 Å². The number of benzene rings is 2. The van der Waals surface area contributed by atoms with E-state index in [0.717, 1.165) is 5.56 Å². The van der Waals surface area contributed by atoms with E-state index in [2.05, 4.69) is 0 Å². The second kappa shape index (κ2) is 7.32. The molecule has 2 aromatic carbocycles. The number of hydrogen-bond acceptors (Lipinski definition) is 4. The Balaban J connectivity index is 2.19. The molecule has 0 aromatic heterocycles. The van der Waals surface area contributed by atoms with Crippen molar-refractivity contribution in [2.75, 3.05) is 21.3 Å². The highest BCUT2D eigenvalue weighted by atomic mass is 16.5. The number of ether oxygens (including phenoxy) is 2. The lowest BCUT2D eigenvalue weighted by Crippen LogP contribution is -2.26. The largest absolute Gasteiger partial charge is 0.493 e. The van der Waals surface area contributed by atoms with Crippen LogP contribution in [0.15, 0.2) is 42.5 Å². The van der Waals surface area contributed by atoms with Gasteiger partial charge in [0, 0.05) is 24.7 Å². The third kappa shape index (κ3) is 3.61. The van der Waals surface area contributed by atoms with Gasteiger partial charge in [0.25, 0.3) is 5.91 Å². The van der Waals surface area contributed by atoms with Crippen molar-refractivity contribution in [3.63, 3.8) is 0 Å². The van der Waals surface area contributed by atoms with E-state index in [1.807, 2.05) is 24.3 Å². The molecular weight excluding hydrogens is 292 g/mol. The van der Waals surface area contributed by atoms with Crippen LogP contribution in [0.5, 0.6) is 11.5 Å². The van der Waals surface area contributed by atoms with E-state index in [0.29, 0.717) is 29.2 Å². The maximum Gasteiger partial charge on any atom is 0.253 e. The minimum atomic E-state index is -0.126. The fourth-order valence-corrected chi connectivity index (χ4v) is 2.31. The fraction of sp³-hybridized carbons (Fsp3) is 0.222. The zero-order chi connectivity index (χ0) is 16.8. The quantitative estimate of drug-likeness (QED) is 0.852. The molecule has 0 aliphatic carbocycles. The van der Waals surface area contributed by atoms with Crippen LogP contribution < -0.4 is 9.47 Å². The van der Waals surface area contributed by atoms with E-state index < -0.39 is 0 Å². The number of methoxy groups -OCH3 is 2. The highest BCUT2D eigenvalue weighted by Gasteiger charge is 2.16. The SMILES string of the molecule is COc1cccc(CN(C)C(=O)c2ccc(C#N)cc2)c1OC. The first-order chi connectivity index (χ1) is 11.1. The number of amides is 1. The molecule has 0 aliphatic heterocycles. The molecule has 0 saturated heterocycles. The van der Waals surface area contributed by atoms with Crippen LogP contribution in [0.2, 0.25) is 0 Å². The van der Waals surface area contributed by atoms with Crippen molar-refractivity contribution in [1.82, 2.24) is 4.90 Å². The molecule has 0 spiro atoms. The number of nitriles is 1. The van der Waals surface area contributed by atoms with Crippen LogP contribution >= 0.6 is 0 Å². The van der Waals surface area contributed by atoms with E-state index in [1.165, 1.54) is 0 Å². The Morgan fingerprint density at radius 2 is 1.83 bits per heavy atom. The highest BCUT2D eigenvalue weighted by Crippen LogP contribution is 2.31. The van der Waals surface area contributed by atoms with Crippen LogP contribution in [-0.2, 0) is 6.54 Å². The number of carbonyl (C=O) groups excluding carboxylic acids is 1.